The van der Waals surface area contributed by atoms with Gasteiger partial charge in [-0.1, -0.05) is 11.6 Å². The number of halogens is 4. The van der Waals surface area contributed by atoms with Gasteiger partial charge in [0, 0.05) is 70.0 Å². The minimum atomic E-state index is -4.59. The molecule has 44 heavy (non-hydrogen) atoms. The van der Waals surface area contributed by atoms with Gasteiger partial charge >= 0.3 is 12.3 Å². The number of pyridine rings is 1. The smallest absolute Gasteiger partial charge is 0.416 e. The molecular formula is C28H34ClF3N6O5S. The van der Waals surface area contributed by atoms with E-state index >= 15 is 0 Å². The number of ether oxygens (including phenoxy) is 1. The van der Waals surface area contributed by atoms with Crippen LogP contribution in [0.4, 0.5) is 29.5 Å². The van der Waals surface area contributed by atoms with Gasteiger partial charge in [-0.15, -0.1) is 0 Å². The molecule has 2 amide bonds. The van der Waals surface area contributed by atoms with E-state index in [1.807, 2.05) is 20.8 Å². The molecule has 4 heterocycles. The predicted molar refractivity (Wildman–Crippen MR) is 157 cm³/mol. The molecule has 0 saturated carbocycles. The molecule has 11 nitrogen and oxygen atoms in total. The van der Waals surface area contributed by atoms with Gasteiger partial charge < -0.3 is 24.8 Å². The maximum Gasteiger partial charge on any atom is 0.416 e. The summed E-state index contributed by atoms with van der Waals surface area (Å²) in [4.78, 5) is 33.7. The Bertz CT molecular complexity index is 1510. The maximum atomic E-state index is 13.3. The van der Waals surface area contributed by atoms with Gasteiger partial charge in [0.1, 0.15) is 16.6 Å². The van der Waals surface area contributed by atoms with E-state index in [1.54, 1.807) is 26.8 Å². The number of likely N-dealkylation sites (tertiary alicyclic amines) is 1. The van der Waals surface area contributed by atoms with E-state index in [0.717, 1.165) is 12.1 Å². The van der Waals surface area contributed by atoms with Gasteiger partial charge in [0.15, 0.2) is 0 Å². The Kier molecular flexibility index (Phi) is 8.79. The topological polar surface area (TPSA) is 115 Å². The average molecular weight is 659 g/mol. The number of hydrogen-bond donors (Lipinski definition) is 1. The number of sulfonamides is 1. The van der Waals surface area contributed by atoms with E-state index in [4.69, 9.17) is 16.3 Å². The monoisotopic (exact) mass is 658 g/mol. The molecule has 5 rings (SSSR count). The maximum absolute atomic E-state index is 13.3. The fourth-order valence-electron chi connectivity index (χ4n) is 5.38. The number of piperazine rings is 1. The molecule has 0 bridgehead atoms. The largest absolute Gasteiger partial charge is 0.444 e. The molecule has 240 valence electrons. The molecule has 1 unspecified atom stereocenters. The van der Waals surface area contributed by atoms with E-state index in [9.17, 15) is 31.2 Å². The number of carbonyl (C=O) groups excluding carboxylic acids is 2. The van der Waals surface area contributed by atoms with E-state index in [-0.39, 0.29) is 72.6 Å². The second kappa shape index (κ2) is 12.0. The lowest BCUT2D eigenvalue weighted by atomic mass is 10.1. The van der Waals surface area contributed by atoms with Crippen LogP contribution in [0.3, 0.4) is 0 Å². The lowest BCUT2D eigenvalue weighted by molar-refractivity contribution is -0.137. The van der Waals surface area contributed by atoms with Crippen molar-refractivity contribution in [1.29, 1.82) is 0 Å². The minimum Gasteiger partial charge on any atom is -0.444 e. The van der Waals surface area contributed by atoms with Crippen molar-refractivity contribution >= 4 is 45.1 Å². The van der Waals surface area contributed by atoms with Gasteiger partial charge in [-0.25, -0.2) is 18.2 Å². The van der Waals surface area contributed by atoms with Crippen LogP contribution in [0.5, 0.6) is 0 Å². The summed E-state index contributed by atoms with van der Waals surface area (Å²) in [6, 6.07) is 7.66. The Balaban J connectivity index is 1.14. The fourth-order valence-corrected chi connectivity index (χ4v) is 7.00. The number of amides is 2. The molecule has 2 aromatic rings. The summed E-state index contributed by atoms with van der Waals surface area (Å²) in [5.74, 6) is -0.0622. The SMILES string of the molecule is CC(C)(C)OC(=O)N1CC(NC2CC(=O)N(c3ccc(S(=O)(=O)N4CCN(c5cc(C(F)(F)F)cc(Cl)n5)CC4)cc3)C2)C1. The molecule has 3 aliphatic rings. The molecule has 1 N–H and O–H groups in total. The summed E-state index contributed by atoms with van der Waals surface area (Å²) >= 11 is 5.81. The van der Waals surface area contributed by atoms with Gasteiger partial charge in [0.05, 0.1) is 10.5 Å². The van der Waals surface area contributed by atoms with Crippen LogP contribution in [0, 0.1) is 0 Å². The van der Waals surface area contributed by atoms with Crippen molar-refractivity contribution in [2.45, 2.75) is 55.9 Å². The first kappa shape index (κ1) is 32.3. The third kappa shape index (κ3) is 7.22. The van der Waals surface area contributed by atoms with Crippen LogP contribution in [0.2, 0.25) is 5.15 Å². The molecular weight excluding hydrogens is 625 g/mol. The van der Waals surface area contributed by atoms with Crippen LogP contribution >= 0.6 is 11.6 Å². The first-order chi connectivity index (χ1) is 20.5. The second-order valence-corrected chi connectivity index (χ2v) is 14.4. The van der Waals surface area contributed by atoms with Crippen molar-refractivity contribution in [1.82, 2.24) is 19.5 Å². The predicted octanol–water partition coefficient (Wildman–Crippen LogP) is 3.58. The highest BCUT2D eigenvalue weighted by atomic mass is 35.5. The summed E-state index contributed by atoms with van der Waals surface area (Å²) in [7, 11) is -3.89. The Morgan fingerprint density at radius 2 is 1.64 bits per heavy atom. The van der Waals surface area contributed by atoms with E-state index in [1.165, 1.54) is 16.4 Å². The highest BCUT2D eigenvalue weighted by Gasteiger charge is 2.38. The molecule has 3 aliphatic heterocycles. The number of anilines is 2. The Hall–Kier alpha value is -3.14. The van der Waals surface area contributed by atoms with Crippen molar-refractivity contribution in [3.8, 4) is 0 Å². The van der Waals surface area contributed by atoms with Crippen LogP contribution < -0.4 is 15.1 Å². The van der Waals surface area contributed by atoms with E-state index < -0.39 is 27.4 Å². The van der Waals surface area contributed by atoms with Crippen LogP contribution in [0.15, 0.2) is 41.3 Å². The van der Waals surface area contributed by atoms with Crippen molar-refractivity contribution in [3.63, 3.8) is 0 Å². The zero-order valence-electron chi connectivity index (χ0n) is 24.5. The summed E-state index contributed by atoms with van der Waals surface area (Å²) < 4.78 is 72.9. The summed E-state index contributed by atoms with van der Waals surface area (Å²) in [6.07, 6.45) is -4.68. The highest BCUT2D eigenvalue weighted by molar-refractivity contribution is 7.89. The number of benzene rings is 1. The molecule has 3 fully saturated rings. The van der Waals surface area contributed by atoms with Crippen LogP contribution in [-0.2, 0) is 25.7 Å². The molecule has 0 aliphatic carbocycles. The number of rotatable bonds is 6. The standard InChI is InChI=1S/C28H34ClF3N6O5S/c1-27(2,3)43-26(40)36-15-20(16-36)33-19-14-25(39)38(17-19)21-4-6-22(7-5-21)44(41,42)37-10-8-35(9-11-37)24-13-18(28(30,31)32)12-23(29)34-24/h4-7,12-13,19-20,33H,8-11,14-17H2,1-3H3. The average Bonchev–Trinajstić information content (AvgIpc) is 3.28. The van der Waals surface area contributed by atoms with Crippen LogP contribution in [-0.4, -0.2) is 98.1 Å². The number of carbonyl (C=O) groups is 2. The number of hydrogen-bond acceptors (Lipinski definition) is 8. The first-order valence-electron chi connectivity index (χ1n) is 14.1. The normalized spacial score (nSPS) is 20.7. The molecule has 0 radical (unpaired) electrons. The molecule has 1 aromatic carbocycles. The second-order valence-electron chi connectivity index (χ2n) is 12.1. The zero-order chi connectivity index (χ0) is 32.0. The summed E-state index contributed by atoms with van der Waals surface area (Å²) in [6.45, 7) is 7.18. The Labute approximate surface area is 258 Å². The highest BCUT2D eigenvalue weighted by Crippen LogP contribution is 2.33. The molecule has 1 atom stereocenters. The van der Waals surface area contributed by atoms with Gasteiger partial charge in [0.25, 0.3) is 0 Å². The van der Waals surface area contributed by atoms with Crippen molar-refractivity contribution in [3.05, 3.63) is 47.1 Å². The van der Waals surface area contributed by atoms with E-state index in [0.29, 0.717) is 25.3 Å². The minimum absolute atomic E-state index is 0.0342. The third-order valence-electron chi connectivity index (χ3n) is 7.59. The quantitative estimate of drug-likeness (QED) is 0.469. The van der Waals surface area contributed by atoms with Gasteiger partial charge in [-0.05, 0) is 57.2 Å². The zero-order valence-corrected chi connectivity index (χ0v) is 26.0. The fraction of sp³-hybridized carbons (Fsp3) is 0.536. The van der Waals surface area contributed by atoms with Crippen molar-refractivity contribution < 1.29 is 35.9 Å². The number of alkyl halides is 3. The number of nitrogens with zero attached hydrogens (tertiary/aromatic N) is 5. The summed E-state index contributed by atoms with van der Waals surface area (Å²) in [5, 5.41) is 3.12. The van der Waals surface area contributed by atoms with E-state index in [2.05, 4.69) is 10.3 Å². The Morgan fingerprint density at radius 3 is 2.23 bits per heavy atom. The van der Waals surface area contributed by atoms with Gasteiger partial charge in [-0.3, -0.25) is 4.79 Å². The first-order valence-corrected chi connectivity index (χ1v) is 16.0. The van der Waals surface area contributed by atoms with Crippen molar-refractivity contribution in [2.75, 3.05) is 55.6 Å². The number of aromatic nitrogens is 1. The molecule has 1 aromatic heterocycles. The number of nitrogens with one attached hydrogen (secondary N) is 1. The van der Waals surface area contributed by atoms with Crippen LogP contribution in [0.25, 0.3) is 0 Å². The Morgan fingerprint density at radius 1 is 1.00 bits per heavy atom. The van der Waals surface area contributed by atoms with Gasteiger partial charge in [-0.2, -0.15) is 17.5 Å². The molecule has 16 heteroatoms. The lowest BCUT2D eigenvalue weighted by Gasteiger charge is -2.41. The summed E-state index contributed by atoms with van der Waals surface area (Å²) in [5.41, 5.74) is -0.922. The van der Waals surface area contributed by atoms with Crippen LogP contribution in [0.1, 0.15) is 32.8 Å². The van der Waals surface area contributed by atoms with Gasteiger partial charge in [0.2, 0.25) is 15.9 Å². The molecule has 3 saturated heterocycles. The third-order valence-corrected chi connectivity index (χ3v) is 9.69. The lowest BCUT2D eigenvalue weighted by Crippen LogP contribution is -2.62. The molecule has 0 spiro atoms. The van der Waals surface area contributed by atoms with Crippen molar-refractivity contribution in [2.24, 2.45) is 0 Å².